The minimum Gasteiger partial charge on any atom is -0.375 e. The molecule has 0 aliphatic carbocycles. The van der Waals surface area contributed by atoms with Crippen LogP contribution in [0.3, 0.4) is 0 Å². The quantitative estimate of drug-likeness (QED) is 0.835. The van der Waals surface area contributed by atoms with Crippen molar-refractivity contribution in [3.8, 4) is 11.1 Å². The topological polar surface area (TPSA) is 30.3 Å². The van der Waals surface area contributed by atoms with Crippen LogP contribution in [0.25, 0.3) is 11.1 Å². The Balaban J connectivity index is 1.67. The van der Waals surface area contributed by atoms with Crippen molar-refractivity contribution < 1.29 is 4.74 Å². The number of rotatable bonds is 5. The van der Waals surface area contributed by atoms with E-state index in [0.29, 0.717) is 6.04 Å². The summed E-state index contributed by atoms with van der Waals surface area (Å²) in [6, 6.07) is 9.50. The largest absolute Gasteiger partial charge is 0.375 e. The van der Waals surface area contributed by atoms with Gasteiger partial charge in [0.25, 0.3) is 0 Å². The molecule has 130 valence electrons. The Bertz CT molecular complexity index is 660. The van der Waals surface area contributed by atoms with Crippen molar-refractivity contribution in [3.05, 3.63) is 42.2 Å². The summed E-state index contributed by atoms with van der Waals surface area (Å²) in [6.07, 6.45) is 6.20. The predicted molar refractivity (Wildman–Crippen MR) is 97.8 cm³/mol. The fourth-order valence-corrected chi connectivity index (χ4v) is 3.62. The second-order valence-electron chi connectivity index (χ2n) is 7.42. The normalized spacial score (nSPS) is 20.5. The zero-order valence-electron chi connectivity index (χ0n) is 15.3. The van der Waals surface area contributed by atoms with Gasteiger partial charge in [0.2, 0.25) is 0 Å². The summed E-state index contributed by atoms with van der Waals surface area (Å²) in [7, 11) is 1.95. The van der Waals surface area contributed by atoms with Crippen molar-refractivity contribution in [1.29, 1.82) is 0 Å². The lowest BCUT2D eigenvalue weighted by atomic mass is 9.92. The highest BCUT2D eigenvalue weighted by molar-refractivity contribution is 5.61. The van der Waals surface area contributed by atoms with E-state index < -0.39 is 0 Å². The minimum absolute atomic E-state index is 0.000499. The third-order valence-corrected chi connectivity index (χ3v) is 4.97. The van der Waals surface area contributed by atoms with Gasteiger partial charge in [0.1, 0.15) is 0 Å². The first kappa shape index (κ1) is 17.2. The molecule has 0 radical (unpaired) electrons. The second-order valence-corrected chi connectivity index (χ2v) is 7.42. The van der Waals surface area contributed by atoms with Crippen LogP contribution in [-0.2, 0) is 18.3 Å². The van der Waals surface area contributed by atoms with E-state index in [1.807, 2.05) is 17.9 Å². The van der Waals surface area contributed by atoms with Gasteiger partial charge < -0.3 is 4.74 Å². The van der Waals surface area contributed by atoms with Crippen LogP contribution in [0, 0.1) is 0 Å². The molecule has 4 heteroatoms. The lowest BCUT2D eigenvalue weighted by Crippen LogP contribution is -2.45. The highest BCUT2D eigenvalue weighted by Gasteiger charge is 2.31. The van der Waals surface area contributed by atoms with Crippen molar-refractivity contribution in [3.63, 3.8) is 0 Å². The number of ether oxygens (including phenoxy) is 1. The summed E-state index contributed by atoms with van der Waals surface area (Å²) in [6.45, 7) is 9.61. The standard InChI is InChI=1S/C20H29N3O/c1-5-23(19-10-11-24-20(2,3)12-19)14-16-6-8-17(9-7-16)18-13-21-22(4)15-18/h6-9,13,15,19H,5,10-12,14H2,1-4H3. The maximum absolute atomic E-state index is 5.87. The molecule has 0 N–H and O–H groups in total. The summed E-state index contributed by atoms with van der Waals surface area (Å²) >= 11 is 0. The van der Waals surface area contributed by atoms with E-state index in [9.17, 15) is 0 Å². The summed E-state index contributed by atoms with van der Waals surface area (Å²) in [5.41, 5.74) is 3.76. The monoisotopic (exact) mass is 327 g/mol. The van der Waals surface area contributed by atoms with Crippen molar-refractivity contribution in [2.24, 2.45) is 7.05 Å². The van der Waals surface area contributed by atoms with Crippen LogP contribution in [0.1, 0.15) is 39.2 Å². The van der Waals surface area contributed by atoms with E-state index in [0.717, 1.165) is 32.5 Å². The Labute approximate surface area is 145 Å². The first-order valence-electron chi connectivity index (χ1n) is 8.93. The molecule has 1 aromatic carbocycles. The Kier molecular flexibility index (Phi) is 5.07. The smallest absolute Gasteiger partial charge is 0.0641 e. The van der Waals surface area contributed by atoms with Crippen LogP contribution in [0.5, 0.6) is 0 Å². The lowest BCUT2D eigenvalue weighted by molar-refractivity contribution is -0.0838. The van der Waals surface area contributed by atoms with Crippen LogP contribution < -0.4 is 0 Å². The Morgan fingerprint density at radius 2 is 2.00 bits per heavy atom. The summed E-state index contributed by atoms with van der Waals surface area (Å²) in [5, 5.41) is 4.25. The van der Waals surface area contributed by atoms with E-state index >= 15 is 0 Å². The number of hydrogen-bond donors (Lipinski definition) is 0. The molecule has 2 heterocycles. The highest BCUT2D eigenvalue weighted by Crippen LogP contribution is 2.28. The molecule has 0 spiro atoms. The fourth-order valence-electron chi connectivity index (χ4n) is 3.62. The van der Waals surface area contributed by atoms with Crippen LogP contribution in [-0.4, -0.2) is 39.5 Å². The van der Waals surface area contributed by atoms with Gasteiger partial charge in [-0.25, -0.2) is 0 Å². The third-order valence-electron chi connectivity index (χ3n) is 4.97. The van der Waals surface area contributed by atoms with Crippen LogP contribution in [0.4, 0.5) is 0 Å². The van der Waals surface area contributed by atoms with Crippen molar-refractivity contribution in [1.82, 2.24) is 14.7 Å². The molecule has 0 bridgehead atoms. The van der Waals surface area contributed by atoms with Gasteiger partial charge in [0.05, 0.1) is 11.8 Å². The molecule has 1 aromatic heterocycles. The van der Waals surface area contributed by atoms with Gasteiger partial charge in [-0.3, -0.25) is 9.58 Å². The number of hydrogen-bond acceptors (Lipinski definition) is 3. The molecule has 1 aliphatic heterocycles. The van der Waals surface area contributed by atoms with E-state index in [1.54, 1.807) is 0 Å². The maximum atomic E-state index is 5.87. The molecule has 2 aromatic rings. The van der Waals surface area contributed by atoms with Crippen molar-refractivity contribution >= 4 is 0 Å². The van der Waals surface area contributed by atoms with Gasteiger partial charge in [0.15, 0.2) is 0 Å². The second kappa shape index (κ2) is 7.08. The van der Waals surface area contributed by atoms with Crippen molar-refractivity contribution in [2.75, 3.05) is 13.2 Å². The molecule has 24 heavy (non-hydrogen) atoms. The van der Waals surface area contributed by atoms with Crippen LogP contribution in [0.15, 0.2) is 36.7 Å². The molecule has 1 fully saturated rings. The van der Waals surface area contributed by atoms with Gasteiger partial charge in [-0.1, -0.05) is 31.2 Å². The molecule has 1 unspecified atom stereocenters. The van der Waals surface area contributed by atoms with E-state index in [4.69, 9.17) is 4.74 Å². The molecule has 4 nitrogen and oxygen atoms in total. The predicted octanol–water partition coefficient (Wildman–Crippen LogP) is 3.87. The van der Waals surface area contributed by atoms with Crippen LogP contribution in [0.2, 0.25) is 0 Å². The molecular weight excluding hydrogens is 298 g/mol. The Hall–Kier alpha value is -1.65. The zero-order valence-corrected chi connectivity index (χ0v) is 15.3. The van der Waals surface area contributed by atoms with E-state index in [2.05, 4.69) is 61.2 Å². The molecule has 0 saturated carbocycles. The maximum Gasteiger partial charge on any atom is 0.0641 e. The summed E-state index contributed by atoms with van der Waals surface area (Å²) in [4.78, 5) is 2.59. The minimum atomic E-state index is 0.000499. The van der Waals surface area contributed by atoms with Crippen molar-refractivity contribution in [2.45, 2.75) is 51.8 Å². The third kappa shape index (κ3) is 4.05. The van der Waals surface area contributed by atoms with Gasteiger partial charge in [-0.05, 0) is 44.4 Å². The SMILES string of the molecule is CCN(Cc1ccc(-c2cnn(C)c2)cc1)C1CCOC(C)(C)C1. The average molecular weight is 327 g/mol. The number of aryl methyl sites for hydroxylation is 1. The number of nitrogens with zero attached hydrogens (tertiary/aromatic N) is 3. The van der Waals surface area contributed by atoms with Gasteiger partial charge in [0, 0.05) is 38.0 Å². The average Bonchev–Trinajstić information content (AvgIpc) is 2.98. The zero-order chi connectivity index (χ0) is 17.2. The molecule has 1 atom stereocenters. The summed E-state index contributed by atoms with van der Waals surface area (Å²) in [5.74, 6) is 0. The Morgan fingerprint density at radius 1 is 1.25 bits per heavy atom. The Morgan fingerprint density at radius 3 is 2.58 bits per heavy atom. The number of aromatic nitrogens is 2. The van der Waals surface area contributed by atoms with Gasteiger partial charge in [-0.15, -0.1) is 0 Å². The van der Waals surface area contributed by atoms with E-state index in [-0.39, 0.29) is 5.60 Å². The first-order chi connectivity index (χ1) is 11.5. The highest BCUT2D eigenvalue weighted by atomic mass is 16.5. The molecule has 3 rings (SSSR count). The van der Waals surface area contributed by atoms with Gasteiger partial charge >= 0.3 is 0 Å². The van der Waals surface area contributed by atoms with Gasteiger partial charge in [-0.2, -0.15) is 5.10 Å². The van der Waals surface area contributed by atoms with E-state index in [1.165, 1.54) is 16.7 Å². The molecule has 1 aliphatic rings. The fraction of sp³-hybridized carbons (Fsp3) is 0.550. The molecule has 1 saturated heterocycles. The first-order valence-corrected chi connectivity index (χ1v) is 8.93. The lowest BCUT2D eigenvalue weighted by Gasteiger charge is -2.41. The van der Waals surface area contributed by atoms with Crippen LogP contribution >= 0.6 is 0 Å². The summed E-state index contributed by atoms with van der Waals surface area (Å²) < 4.78 is 7.71. The number of benzene rings is 1. The molecule has 0 amide bonds. The molecular formula is C20H29N3O.